The predicted octanol–water partition coefficient (Wildman–Crippen LogP) is 2.97. The van der Waals surface area contributed by atoms with Crippen LogP contribution < -0.4 is 0 Å². The molecule has 3 nitrogen and oxygen atoms in total. The molecule has 82 valence electrons. The van der Waals surface area contributed by atoms with Gasteiger partial charge in [-0.2, -0.15) is 5.10 Å². The fourth-order valence-corrected chi connectivity index (χ4v) is 2.11. The second-order valence-electron chi connectivity index (χ2n) is 3.64. The lowest BCUT2D eigenvalue weighted by molar-refractivity contribution is 0.112. The van der Waals surface area contributed by atoms with Crippen molar-refractivity contribution in [3.05, 3.63) is 40.0 Å². The SMILES string of the molecule is Cc1cc(-c2ccc(Br)cc2C=O)n(C)n1. The summed E-state index contributed by atoms with van der Waals surface area (Å²) >= 11 is 3.35. The summed E-state index contributed by atoms with van der Waals surface area (Å²) in [5, 5.41) is 4.27. The van der Waals surface area contributed by atoms with Crippen molar-refractivity contribution >= 4 is 22.2 Å². The van der Waals surface area contributed by atoms with Crippen LogP contribution in [0.4, 0.5) is 0 Å². The first-order chi connectivity index (χ1) is 7.61. The van der Waals surface area contributed by atoms with Gasteiger partial charge in [-0.1, -0.05) is 22.0 Å². The number of nitrogens with zero attached hydrogens (tertiary/aromatic N) is 2. The number of benzene rings is 1. The number of hydrogen-bond donors (Lipinski definition) is 0. The van der Waals surface area contributed by atoms with E-state index in [-0.39, 0.29) is 0 Å². The first-order valence-corrected chi connectivity index (χ1v) is 5.67. The molecule has 16 heavy (non-hydrogen) atoms. The van der Waals surface area contributed by atoms with Crippen molar-refractivity contribution in [1.29, 1.82) is 0 Å². The van der Waals surface area contributed by atoms with Gasteiger partial charge in [-0.25, -0.2) is 0 Å². The molecule has 2 rings (SSSR count). The summed E-state index contributed by atoms with van der Waals surface area (Å²) in [6, 6.07) is 7.62. The molecule has 0 aliphatic heterocycles. The monoisotopic (exact) mass is 278 g/mol. The molecule has 0 radical (unpaired) electrons. The molecule has 0 N–H and O–H groups in total. The molecule has 1 aromatic carbocycles. The third kappa shape index (κ3) is 1.93. The lowest BCUT2D eigenvalue weighted by Gasteiger charge is -2.05. The van der Waals surface area contributed by atoms with Crippen molar-refractivity contribution in [2.75, 3.05) is 0 Å². The van der Waals surface area contributed by atoms with Gasteiger partial charge < -0.3 is 0 Å². The van der Waals surface area contributed by atoms with Gasteiger partial charge in [0.05, 0.1) is 11.4 Å². The van der Waals surface area contributed by atoms with Gasteiger partial charge in [0.1, 0.15) is 0 Å². The maximum Gasteiger partial charge on any atom is 0.150 e. The standard InChI is InChI=1S/C12H11BrN2O/c1-8-5-12(15(2)14-8)11-4-3-10(13)6-9(11)7-16/h3-7H,1-2H3. The van der Waals surface area contributed by atoms with Crippen molar-refractivity contribution < 1.29 is 4.79 Å². The number of hydrogen-bond acceptors (Lipinski definition) is 2. The van der Waals surface area contributed by atoms with Gasteiger partial charge in [0.25, 0.3) is 0 Å². The molecule has 1 aromatic heterocycles. The molecule has 0 unspecified atom stereocenters. The average molecular weight is 279 g/mol. The number of carbonyl (C=O) groups is 1. The molecule has 2 aromatic rings. The highest BCUT2D eigenvalue weighted by Gasteiger charge is 2.09. The van der Waals surface area contributed by atoms with Gasteiger partial charge in [-0.3, -0.25) is 9.48 Å². The molecule has 0 bridgehead atoms. The molecule has 4 heteroatoms. The number of rotatable bonds is 2. The Hall–Kier alpha value is -1.42. The Morgan fingerprint density at radius 1 is 1.38 bits per heavy atom. The van der Waals surface area contributed by atoms with E-state index in [0.29, 0.717) is 5.56 Å². The molecule has 0 aliphatic rings. The Labute approximate surface area is 102 Å². The van der Waals surface area contributed by atoms with Crippen LogP contribution in [0, 0.1) is 6.92 Å². The number of aldehydes is 1. The van der Waals surface area contributed by atoms with Gasteiger partial charge in [-0.05, 0) is 25.1 Å². The minimum atomic E-state index is 0.664. The first-order valence-electron chi connectivity index (χ1n) is 4.87. The van der Waals surface area contributed by atoms with Gasteiger partial charge >= 0.3 is 0 Å². The van der Waals surface area contributed by atoms with Crippen LogP contribution in [0.5, 0.6) is 0 Å². The van der Waals surface area contributed by atoms with Crippen molar-refractivity contribution in [2.24, 2.45) is 7.05 Å². The highest BCUT2D eigenvalue weighted by molar-refractivity contribution is 9.10. The second-order valence-corrected chi connectivity index (χ2v) is 4.56. The average Bonchev–Trinajstić information content (AvgIpc) is 2.57. The normalized spacial score (nSPS) is 10.4. The van der Waals surface area contributed by atoms with Crippen molar-refractivity contribution in [3.8, 4) is 11.3 Å². The van der Waals surface area contributed by atoms with Gasteiger partial charge in [0, 0.05) is 22.6 Å². The molecular formula is C12H11BrN2O. The van der Waals surface area contributed by atoms with E-state index in [2.05, 4.69) is 21.0 Å². The van der Waals surface area contributed by atoms with Crippen molar-refractivity contribution in [1.82, 2.24) is 9.78 Å². The summed E-state index contributed by atoms with van der Waals surface area (Å²) in [7, 11) is 1.87. The van der Waals surface area contributed by atoms with Crippen LogP contribution in [0.15, 0.2) is 28.7 Å². The third-order valence-electron chi connectivity index (χ3n) is 2.42. The lowest BCUT2D eigenvalue weighted by atomic mass is 10.1. The molecule has 0 atom stereocenters. The van der Waals surface area contributed by atoms with E-state index in [4.69, 9.17) is 0 Å². The topological polar surface area (TPSA) is 34.9 Å². The Bertz CT molecular complexity index is 546. The van der Waals surface area contributed by atoms with Crippen LogP contribution in [0.3, 0.4) is 0 Å². The van der Waals surface area contributed by atoms with Crippen molar-refractivity contribution in [3.63, 3.8) is 0 Å². The fourth-order valence-electron chi connectivity index (χ4n) is 1.73. The Kier molecular flexibility index (Phi) is 2.92. The van der Waals surface area contributed by atoms with Gasteiger partial charge in [-0.15, -0.1) is 0 Å². The zero-order valence-corrected chi connectivity index (χ0v) is 10.7. The van der Waals surface area contributed by atoms with E-state index in [9.17, 15) is 4.79 Å². The lowest BCUT2D eigenvalue weighted by Crippen LogP contribution is -1.96. The smallest absolute Gasteiger partial charge is 0.150 e. The molecule has 0 fully saturated rings. The zero-order valence-electron chi connectivity index (χ0n) is 9.07. The maximum atomic E-state index is 11.0. The maximum absolute atomic E-state index is 11.0. The van der Waals surface area contributed by atoms with E-state index >= 15 is 0 Å². The zero-order chi connectivity index (χ0) is 11.7. The van der Waals surface area contributed by atoms with Gasteiger partial charge in [0.15, 0.2) is 6.29 Å². The van der Waals surface area contributed by atoms with E-state index in [0.717, 1.165) is 27.7 Å². The summed E-state index contributed by atoms with van der Waals surface area (Å²) in [5.41, 5.74) is 3.46. The molecule has 0 amide bonds. The Morgan fingerprint density at radius 2 is 2.12 bits per heavy atom. The highest BCUT2D eigenvalue weighted by Crippen LogP contribution is 2.25. The minimum Gasteiger partial charge on any atom is -0.298 e. The van der Waals surface area contributed by atoms with Crippen LogP contribution in [0.25, 0.3) is 11.3 Å². The third-order valence-corrected chi connectivity index (χ3v) is 2.91. The predicted molar refractivity (Wildman–Crippen MR) is 66.5 cm³/mol. The summed E-state index contributed by atoms with van der Waals surface area (Å²) in [6.45, 7) is 1.93. The largest absolute Gasteiger partial charge is 0.298 e. The minimum absolute atomic E-state index is 0.664. The molecule has 0 aliphatic carbocycles. The first kappa shape index (κ1) is 11.1. The number of aromatic nitrogens is 2. The van der Waals surface area contributed by atoms with E-state index in [1.165, 1.54) is 0 Å². The summed E-state index contributed by atoms with van der Waals surface area (Å²) in [6.07, 6.45) is 0.864. The van der Waals surface area contributed by atoms with E-state index in [1.54, 1.807) is 4.68 Å². The quantitative estimate of drug-likeness (QED) is 0.792. The molecule has 0 spiro atoms. The number of carbonyl (C=O) groups excluding carboxylic acids is 1. The van der Waals surface area contributed by atoms with E-state index in [1.807, 2.05) is 38.2 Å². The second kappa shape index (κ2) is 4.22. The summed E-state index contributed by atoms with van der Waals surface area (Å²) < 4.78 is 2.68. The molecular weight excluding hydrogens is 268 g/mol. The van der Waals surface area contributed by atoms with Crippen LogP contribution in [0.2, 0.25) is 0 Å². The van der Waals surface area contributed by atoms with Crippen LogP contribution >= 0.6 is 15.9 Å². The van der Waals surface area contributed by atoms with Crippen LogP contribution in [-0.4, -0.2) is 16.1 Å². The highest BCUT2D eigenvalue weighted by atomic mass is 79.9. The Morgan fingerprint density at radius 3 is 2.69 bits per heavy atom. The van der Waals surface area contributed by atoms with Crippen molar-refractivity contribution in [2.45, 2.75) is 6.92 Å². The number of halogens is 1. The fraction of sp³-hybridized carbons (Fsp3) is 0.167. The van der Waals surface area contributed by atoms with Gasteiger partial charge in [0.2, 0.25) is 0 Å². The van der Waals surface area contributed by atoms with E-state index < -0.39 is 0 Å². The summed E-state index contributed by atoms with van der Waals surface area (Å²) in [5.74, 6) is 0. The molecule has 0 saturated carbocycles. The molecule has 0 saturated heterocycles. The van der Waals surface area contributed by atoms with Crippen LogP contribution in [0.1, 0.15) is 16.1 Å². The van der Waals surface area contributed by atoms with Crippen LogP contribution in [-0.2, 0) is 7.05 Å². The number of aryl methyl sites for hydroxylation is 2. The summed E-state index contributed by atoms with van der Waals surface area (Å²) in [4.78, 5) is 11.0. The Balaban J connectivity index is 2.63. The molecule has 1 heterocycles.